The second-order valence-corrected chi connectivity index (χ2v) is 8.83. The zero-order chi connectivity index (χ0) is 20.9. The lowest BCUT2D eigenvalue weighted by Crippen LogP contribution is -2.45. The third-order valence-electron chi connectivity index (χ3n) is 5.88. The minimum Gasteiger partial charge on any atom is -0.356 e. The number of hydrogen-bond donors (Lipinski definition) is 1. The van der Waals surface area contributed by atoms with Crippen LogP contribution in [-0.2, 0) is 11.3 Å². The Morgan fingerprint density at radius 1 is 1.03 bits per heavy atom. The summed E-state index contributed by atoms with van der Waals surface area (Å²) in [5, 5.41) is 3.06. The lowest BCUT2D eigenvalue weighted by Gasteiger charge is -2.29. The number of amides is 2. The molecule has 1 aromatic carbocycles. The zero-order valence-electron chi connectivity index (χ0n) is 17.0. The number of likely N-dealkylation sites (tertiary alicyclic amines) is 1. The first-order valence-electron chi connectivity index (χ1n) is 10.7. The Labute approximate surface area is 185 Å². The predicted octanol–water partition coefficient (Wildman–Crippen LogP) is 3.76. The van der Waals surface area contributed by atoms with Gasteiger partial charge in [-0.1, -0.05) is 22.0 Å². The first-order valence-corrected chi connectivity index (χ1v) is 11.5. The first-order chi connectivity index (χ1) is 14.6. The van der Waals surface area contributed by atoms with E-state index < -0.39 is 6.04 Å². The van der Waals surface area contributed by atoms with Crippen molar-refractivity contribution >= 4 is 33.6 Å². The smallest absolute Gasteiger partial charge is 0.254 e. The highest BCUT2D eigenvalue weighted by atomic mass is 79.9. The zero-order valence-corrected chi connectivity index (χ0v) is 18.6. The number of aromatic nitrogens is 1. The molecule has 2 aromatic rings. The monoisotopic (exact) mass is 470 g/mol. The van der Waals surface area contributed by atoms with Crippen molar-refractivity contribution < 1.29 is 9.59 Å². The standard InChI is InChI=1S/C23H27BrN4O2/c24-19-10-8-17(9-11-19)23(30)28-15-5-7-20(28)22(29)26-16-18-6-4-12-25-21(18)27-13-2-1-3-14-27/h4,6,8-12,20H,1-3,5,7,13-16H2,(H,26,29). The Balaban J connectivity index is 1.41. The number of carbonyl (C=O) groups is 2. The second-order valence-electron chi connectivity index (χ2n) is 7.92. The van der Waals surface area contributed by atoms with Gasteiger partial charge >= 0.3 is 0 Å². The van der Waals surface area contributed by atoms with Crippen molar-refractivity contribution in [1.82, 2.24) is 15.2 Å². The molecule has 2 aliphatic rings. The second kappa shape index (κ2) is 9.60. The van der Waals surface area contributed by atoms with Crippen molar-refractivity contribution in [2.45, 2.75) is 44.7 Å². The number of hydrogen-bond acceptors (Lipinski definition) is 4. The van der Waals surface area contributed by atoms with E-state index in [0.29, 0.717) is 25.1 Å². The van der Waals surface area contributed by atoms with Gasteiger partial charge in [-0.3, -0.25) is 9.59 Å². The Hall–Kier alpha value is -2.41. The van der Waals surface area contributed by atoms with Crippen LogP contribution in [0.25, 0.3) is 0 Å². The van der Waals surface area contributed by atoms with Crippen LogP contribution in [0, 0.1) is 0 Å². The lowest BCUT2D eigenvalue weighted by molar-refractivity contribution is -0.125. The molecule has 2 fully saturated rings. The molecule has 0 bridgehead atoms. The molecule has 1 unspecified atom stereocenters. The van der Waals surface area contributed by atoms with Crippen molar-refractivity contribution in [3.8, 4) is 0 Å². The van der Waals surface area contributed by atoms with E-state index >= 15 is 0 Å². The number of nitrogens with one attached hydrogen (secondary N) is 1. The van der Waals surface area contributed by atoms with Gasteiger partial charge in [0.15, 0.2) is 0 Å². The fourth-order valence-corrected chi connectivity index (χ4v) is 4.56. The quantitative estimate of drug-likeness (QED) is 0.722. The van der Waals surface area contributed by atoms with Crippen molar-refractivity contribution in [2.24, 2.45) is 0 Å². The third-order valence-corrected chi connectivity index (χ3v) is 6.41. The van der Waals surface area contributed by atoms with Gasteiger partial charge < -0.3 is 15.1 Å². The Morgan fingerprint density at radius 3 is 2.57 bits per heavy atom. The number of rotatable bonds is 5. The molecule has 3 heterocycles. The molecule has 0 aliphatic carbocycles. The average Bonchev–Trinajstić information content (AvgIpc) is 3.28. The summed E-state index contributed by atoms with van der Waals surface area (Å²) in [6.45, 7) is 3.06. The summed E-state index contributed by atoms with van der Waals surface area (Å²) < 4.78 is 0.927. The van der Waals surface area contributed by atoms with E-state index in [9.17, 15) is 9.59 Å². The molecule has 2 amide bonds. The number of benzene rings is 1. The van der Waals surface area contributed by atoms with Crippen LogP contribution in [0.15, 0.2) is 47.1 Å². The molecule has 6 nitrogen and oxygen atoms in total. The number of piperidine rings is 1. The van der Waals surface area contributed by atoms with Crippen molar-refractivity contribution in [3.05, 3.63) is 58.2 Å². The van der Waals surface area contributed by atoms with Crippen LogP contribution in [0.1, 0.15) is 48.0 Å². The van der Waals surface area contributed by atoms with Crippen molar-refractivity contribution in [1.29, 1.82) is 0 Å². The molecule has 2 saturated heterocycles. The molecular formula is C23H27BrN4O2. The summed E-state index contributed by atoms with van der Waals surface area (Å²) in [4.78, 5) is 34.5. The van der Waals surface area contributed by atoms with Crippen LogP contribution >= 0.6 is 15.9 Å². The van der Waals surface area contributed by atoms with Gasteiger partial charge in [-0.2, -0.15) is 0 Å². The van der Waals surface area contributed by atoms with E-state index in [1.165, 1.54) is 19.3 Å². The number of anilines is 1. The van der Waals surface area contributed by atoms with Gasteiger partial charge in [0.05, 0.1) is 0 Å². The molecule has 1 N–H and O–H groups in total. The highest BCUT2D eigenvalue weighted by molar-refractivity contribution is 9.10. The van der Waals surface area contributed by atoms with Crippen LogP contribution in [-0.4, -0.2) is 47.4 Å². The number of pyridine rings is 1. The summed E-state index contributed by atoms with van der Waals surface area (Å²) >= 11 is 3.39. The summed E-state index contributed by atoms with van der Waals surface area (Å²) in [6, 6.07) is 10.8. The summed E-state index contributed by atoms with van der Waals surface area (Å²) in [7, 11) is 0. The summed E-state index contributed by atoms with van der Waals surface area (Å²) in [5.74, 6) is 0.786. The third kappa shape index (κ3) is 4.67. The van der Waals surface area contributed by atoms with Gasteiger partial charge in [-0.25, -0.2) is 4.98 Å². The molecular weight excluding hydrogens is 444 g/mol. The fraction of sp³-hybridized carbons (Fsp3) is 0.435. The van der Waals surface area contributed by atoms with Crippen LogP contribution < -0.4 is 10.2 Å². The topological polar surface area (TPSA) is 65.5 Å². The van der Waals surface area contributed by atoms with Crippen LogP contribution in [0.2, 0.25) is 0 Å². The molecule has 2 aliphatic heterocycles. The Bertz CT molecular complexity index is 896. The maximum absolute atomic E-state index is 13.0. The Morgan fingerprint density at radius 2 is 1.80 bits per heavy atom. The number of carbonyl (C=O) groups excluding carboxylic acids is 2. The average molecular weight is 471 g/mol. The minimum atomic E-state index is -0.420. The molecule has 158 valence electrons. The van der Waals surface area contributed by atoms with E-state index in [0.717, 1.165) is 35.4 Å². The number of halogens is 1. The van der Waals surface area contributed by atoms with Gasteiger partial charge in [-0.15, -0.1) is 0 Å². The van der Waals surface area contributed by atoms with Gasteiger partial charge in [0.25, 0.3) is 5.91 Å². The van der Waals surface area contributed by atoms with Gasteiger partial charge in [0.2, 0.25) is 5.91 Å². The molecule has 1 aromatic heterocycles. The van der Waals surface area contributed by atoms with Crippen molar-refractivity contribution in [2.75, 3.05) is 24.5 Å². The van der Waals surface area contributed by atoms with E-state index in [4.69, 9.17) is 0 Å². The normalized spacial score (nSPS) is 19.0. The first kappa shape index (κ1) is 20.8. The molecule has 7 heteroatoms. The molecule has 1 atom stereocenters. The highest BCUT2D eigenvalue weighted by Crippen LogP contribution is 2.23. The summed E-state index contributed by atoms with van der Waals surface area (Å²) in [6.07, 6.45) is 6.96. The van der Waals surface area contributed by atoms with Crippen LogP contribution in [0.4, 0.5) is 5.82 Å². The lowest BCUT2D eigenvalue weighted by atomic mass is 10.1. The maximum atomic E-state index is 13.0. The van der Waals surface area contributed by atoms with Crippen LogP contribution in [0.3, 0.4) is 0 Å². The SMILES string of the molecule is O=C(NCc1cccnc1N1CCCCC1)C1CCCN1C(=O)c1ccc(Br)cc1. The Kier molecular flexibility index (Phi) is 6.67. The van der Waals surface area contributed by atoms with Gasteiger partial charge in [0, 0.05) is 48.0 Å². The molecule has 0 spiro atoms. The van der Waals surface area contributed by atoms with Crippen molar-refractivity contribution in [3.63, 3.8) is 0 Å². The summed E-state index contributed by atoms with van der Waals surface area (Å²) in [5.41, 5.74) is 1.63. The van der Waals surface area contributed by atoms with E-state index in [-0.39, 0.29) is 11.8 Å². The largest absolute Gasteiger partial charge is 0.356 e. The van der Waals surface area contributed by atoms with E-state index in [1.54, 1.807) is 17.0 Å². The molecule has 0 saturated carbocycles. The number of nitrogens with zero attached hydrogens (tertiary/aromatic N) is 3. The maximum Gasteiger partial charge on any atom is 0.254 e. The fourth-order valence-electron chi connectivity index (χ4n) is 4.30. The van der Waals surface area contributed by atoms with Crippen LogP contribution in [0.5, 0.6) is 0 Å². The molecule has 30 heavy (non-hydrogen) atoms. The van der Waals surface area contributed by atoms with Gasteiger partial charge in [-0.05, 0) is 62.4 Å². The molecule has 0 radical (unpaired) electrons. The minimum absolute atomic E-state index is 0.0875. The van der Waals surface area contributed by atoms with E-state index in [1.807, 2.05) is 30.5 Å². The predicted molar refractivity (Wildman–Crippen MR) is 120 cm³/mol. The van der Waals surface area contributed by atoms with Gasteiger partial charge in [0.1, 0.15) is 11.9 Å². The van der Waals surface area contributed by atoms with E-state index in [2.05, 4.69) is 31.1 Å². The molecule has 4 rings (SSSR count). The highest BCUT2D eigenvalue weighted by Gasteiger charge is 2.34.